The zero-order valence-electron chi connectivity index (χ0n) is 12.6. The summed E-state index contributed by atoms with van der Waals surface area (Å²) < 4.78 is 14.9. The lowest BCUT2D eigenvalue weighted by atomic mass is 10.1. The molecule has 0 bridgehead atoms. The van der Waals surface area contributed by atoms with Crippen molar-refractivity contribution in [2.75, 3.05) is 0 Å². The van der Waals surface area contributed by atoms with E-state index < -0.39 is 28.1 Å². The summed E-state index contributed by atoms with van der Waals surface area (Å²) in [4.78, 5) is 21.6. The third kappa shape index (κ3) is 2.72. The van der Waals surface area contributed by atoms with Gasteiger partial charge in [0.25, 0.3) is 5.78 Å². The number of halogens is 1. The summed E-state index contributed by atoms with van der Waals surface area (Å²) >= 11 is 0. The molecule has 25 heavy (non-hydrogen) atoms. The van der Waals surface area contributed by atoms with E-state index >= 15 is 0 Å². The van der Waals surface area contributed by atoms with E-state index in [1.807, 2.05) is 0 Å². The van der Waals surface area contributed by atoms with Crippen LogP contribution in [0.1, 0.15) is 0 Å². The number of rotatable bonds is 1. The predicted octanol–water partition coefficient (Wildman–Crippen LogP) is -0.669. The van der Waals surface area contributed by atoms with Crippen LogP contribution >= 0.6 is 0 Å². The third-order valence-electron chi connectivity index (χ3n) is 3.53. The number of ketones is 1. The summed E-state index contributed by atoms with van der Waals surface area (Å²) in [5, 5.41) is 37.7. The van der Waals surface area contributed by atoms with E-state index in [-0.39, 0.29) is 21.6 Å². The average molecular weight is 347 g/mol. The van der Waals surface area contributed by atoms with Gasteiger partial charge in [-0.25, -0.2) is 5.06 Å². The molecule has 0 saturated heterocycles. The Hall–Kier alpha value is -3.60. The van der Waals surface area contributed by atoms with E-state index in [9.17, 15) is 24.4 Å². The van der Waals surface area contributed by atoms with Gasteiger partial charge >= 0.3 is 5.70 Å². The molecule has 1 aliphatic heterocycles. The third-order valence-corrected chi connectivity index (χ3v) is 3.53. The summed E-state index contributed by atoms with van der Waals surface area (Å²) in [6.07, 6.45) is 5.49. The normalized spacial score (nSPS) is 21.8. The molecule has 11 heteroatoms. The highest BCUT2D eigenvalue weighted by Gasteiger charge is 2.30. The fourth-order valence-corrected chi connectivity index (χ4v) is 2.30. The van der Waals surface area contributed by atoms with Crippen LogP contribution in [0, 0.1) is 10.1 Å². The van der Waals surface area contributed by atoms with Gasteiger partial charge in [0, 0.05) is 36.5 Å². The van der Waals surface area contributed by atoms with Gasteiger partial charge in [0.05, 0.1) is 4.92 Å². The van der Waals surface area contributed by atoms with E-state index in [0.29, 0.717) is 5.57 Å². The van der Waals surface area contributed by atoms with Crippen molar-refractivity contribution in [1.29, 1.82) is 0 Å². The van der Waals surface area contributed by atoms with Gasteiger partial charge in [0.2, 0.25) is 5.95 Å². The number of Topliss-reactive ketones (excluding diaryl/α,β-unsaturated/α-hetero) is 1. The van der Waals surface area contributed by atoms with Crippen LogP contribution in [0.5, 0.6) is 0 Å². The summed E-state index contributed by atoms with van der Waals surface area (Å²) in [7, 11) is 1.52. The van der Waals surface area contributed by atoms with Gasteiger partial charge in [0.15, 0.2) is 16.7 Å². The molecule has 0 radical (unpaired) electrons. The minimum Gasteiger partial charge on any atom is -0.504 e. The number of aromatic nitrogens is 3. The maximum absolute atomic E-state index is 13.5. The van der Waals surface area contributed by atoms with Gasteiger partial charge in [-0.05, 0) is 12.2 Å². The van der Waals surface area contributed by atoms with E-state index in [4.69, 9.17) is 5.21 Å². The van der Waals surface area contributed by atoms with Gasteiger partial charge in [-0.15, -0.1) is 10.2 Å². The molecule has 2 heterocycles. The molecular weight excluding hydrogens is 337 g/mol. The van der Waals surface area contributed by atoms with Gasteiger partial charge < -0.3 is 9.67 Å². The lowest BCUT2D eigenvalue weighted by molar-refractivity contribution is -0.418. The number of nitrogens with zero attached hydrogens (tertiary/aromatic N) is 5. The standard InChI is InChI=1S/C14H10FN5O5/c1-18-13(7-2-3-19(23)11(15)6-7)16-17-14(18)8-4-9(20(24)25)12(22)10(21)5-8/h2-6,21,23H,1H3. The molecule has 128 valence electrons. The van der Waals surface area contributed by atoms with Crippen molar-refractivity contribution in [1.82, 2.24) is 19.8 Å². The first-order valence-electron chi connectivity index (χ1n) is 6.78. The second-order valence-electron chi connectivity index (χ2n) is 5.09. The Kier molecular flexibility index (Phi) is 3.77. The maximum atomic E-state index is 13.5. The minimum absolute atomic E-state index is 0.0960. The van der Waals surface area contributed by atoms with Gasteiger partial charge in [-0.1, -0.05) is 0 Å². The van der Waals surface area contributed by atoms with Crippen LogP contribution in [-0.2, 0) is 11.8 Å². The van der Waals surface area contributed by atoms with Crippen molar-refractivity contribution in [2.24, 2.45) is 7.05 Å². The molecule has 3 rings (SSSR count). The Labute approximate surface area is 138 Å². The second-order valence-corrected chi connectivity index (χ2v) is 5.09. The van der Waals surface area contributed by atoms with Crippen LogP contribution in [0.4, 0.5) is 4.39 Å². The highest BCUT2D eigenvalue weighted by atomic mass is 19.1. The largest absolute Gasteiger partial charge is 0.504 e. The van der Waals surface area contributed by atoms with Crippen molar-refractivity contribution in [3.63, 3.8) is 0 Å². The fraction of sp³-hybridized carbons (Fsp3) is 0.0714. The molecule has 2 aliphatic rings. The quantitative estimate of drug-likeness (QED) is 0.388. The molecule has 2 N–H and O–H groups in total. The molecule has 10 nitrogen and oxygen atoms in total. The van der Waals surface area contributed by atoms with E-state index in [1.165, 1.54) is 17.7 Å². The number of carbonyl (C=O) groups excluding carboxylic acids is 1. The second kappa shape index (κ2) is 5.79. The van der Waals surface area contributed by atoms with Gasteiger partial charge in [-0.3, -0.25) is 20.1 Å². The van der Waals surface area contributed by atoms with Crippen LogP contribution in [0.25, 0.3) is 11.1 Å². The van der Waals surface area contributed by atoms with Crippen LogP contribution < -0.4 is 11.0 Å². The molecule has 0 amide bonds. The number of allylic oxidation sites excluding steroid dienone is 4. The number of hydrogen-bond acceptors (Lipinski definition) is 8. The van der Waals surface area contributed by atoms with Gasteiger partial charge in [0.1, 0.15) is 0 Å². The Balaban J connectivity index is 2.26. The maximum Gasteiger partial charge on any atom is 0.320 e. The SMILES string of the molecule is Cn1c(=C2C=CN(O)C(F)=C2)nnc1=C1C=C(O)C(=O)C([N+](=O)[O-])=C1. The molecule has 1 aliphatic carbocycles. The summed E-state index contributed by atoms with van der Waals surface area (Å²) in [6.45, 7) is 0. The summed E-state index contributed by atoms with van der Waals surface area (Å²) in [5.74, 6) is -2.82. The molecule has 0 spiro atoms. The van der Waals surface area contributed by atoms with Crippen LogP contribution in [0.2, 0.25) is 0 Å². The van der Waals surface area contributed by atoms with E-state index in [1.54, 1.807) is 0 Å². The predicted molar refractivity (Wildman–Crippen MR) is 79.8 cm³/mol. The van der Waals surface area contributed by atoms with Crippen molar-refractivity contribution < 1.29 is 24.4 Å². The smallest absolute Gasteiger partial charge is 0.320 e. The highest BCUT2D eigenvalue weighted by Crippen LogP contribution is 2.18. The molecule has 0 fully saturated rings. The number of hydroxylamine groups is 2. The number of aliphatic hydroxyl groups excluding tert-OH is 1. The molecular formula is C14H10FN5O5. The van der Waals surface area contributed by atoms with E-state index in [0.717, 1.165) is 24.4 Å². The first-order chi connectivity index (χ1) is 11.8. The van der Waals surface area contributed by atoms with Crippen LogP contribution in [-0.4, -0.2) is 40.8 Å². The fourth-order valence-electron chi connectivity index (χ4n) is 2.30. The van der Waals surface area contributed by atoms with Crippen molar-refractivity contribution >= 4 is 16.9 Å². The molecule has 1 aromatic heterocycles. The summed E-state index contributed by atoms with van der Waals surface area (Å²) in [5.41, 5.74) is -0.0779. The lowest BCUT2D eigenvalue weighted by Gasteiger charge is -2.12. The number of carbonyl (C=O) groups is 1. The molecule has 0 aromatic carbocycles. The highest BCUT2D eigenvalue weighted by molar-refractivity contribution is 6.09. The Morgan fingerprint density at radius 2 is 1.84 bits per heavy atom. The van der Waals surface area contributed by atoms with Crippen molar-refractivity contribution in [3.8, 4) is 0 Å². The summed E-state index contributed by atoms with van der Waals surface area (Å²) in [6, 6.07) is 0. The Bertz CT molecular complexity index is 1050. The molecule has 0 atom stereocenters. The average Bonchev–Trinajstić information content (AvgIpc) is 2.94. The molecule has 0 saturated carbocycles. The lowest BCUT2D eigenvalue weighted by Crippen LogP contribution is -2.29. The van der Waals surface area contributed by atoms with Gasteiger partial charge in [-0.2, -0.15) is 4.39 Å². The zero-order valence-corrected chi connectivity index (χ0v) is 12.6. The number of aliphatic hydroxyl groups is 1. The Morgan fingerprint density at radius 1 is 1.20 bits per heavy atom. The Morgan fingerprint density at radius 3 is 2.44 bits per heavy atom. The first kappa shape index (κ1) is 16.3. The van der Waals surface area contributed by atoms with E-state index in [2.05, 4.69) is 10.2 Å². The number of nitro groups is 1. The van der Waals surface area contributed by atoms with Crippen LogP contribution in [0.3, 0.4) is 0 Å². The van der Waals surface area contributed by atoms with Crippen molar-refractivity contribution in [3.05, 3.63) is 69.0 Å². The molecule has 0 unspecified atom stereocenters. The zero-order chi connectivity index (χ0) is 18.3. The minimum atomic E-state index is -1.10. The molecule has 1 aromatic rings. The monoisotopic (exact) mass is 347 g/mol. The first-order valence-corrected chi connectivity index (χ1v) is 6.78. The van der Waals surface area contributed by atoms with Crippen LogP contribution in [0.15, 0.2) is 47.9 Å². The number of hydrogen-bond donors (Lipinski definition) is 2. The topological polar surface area (TPSA) is 135 Å². The van der Waals surface area contributed by atoms with Crippen molar-refractivity contribution in [2.45, 2.75) is 0 Å².